The molecule has 0 aromatic carbocycles. The van der Waals surface area contributed by atoms with Gasteiger partial charge < -0.3 is 14.9 Å². The number of nitrogens with zero attached hydrogens (tertiary/aromatic N) is 4. The zero-order valence-electron chi connectivity index (χ0n) is 10.8. The summed E-state index contributed by atoms with van der Waals surface area (Å²) in [6.07, 6.45) is 3.39. The predicted octanol–water partition coefficient (Wildman–Crippen LogP) is 0.651. The summed E-state index contributed by atoms with van der Waals surface area (Å²) in [5.74, 6) is -0.211. The summed E-state index contributed by atoms with van der Waals surface area (Å²) in [6.45, 7) is 1.33. The van der Waals surface area contributed by atoms with Crippen molar-refractivity contribution in [3.8, 4) is 0 Å². The minimum absolute atomic E-state index is 0.0569. The SMILES string of the molecule is CSc1cc(N(CCN(C)C)CC(=O)O)ncn1. The summed E-state index contributed by atoms with van der Waals surface area (Å²) < 4.78 is 0. The lowest BCUT2D eigenvalue weighted by molar-refractivity contribution is -0.135. The van der Waals surface area contributed by atoms with Gasteiger partial charge in [0.15, 0.2) is 0 Å². The van der Waals surface area contributed by atoms with E-state index in [1.54, 1.807) is 4.90 Å². The van der Waals surface area contributed by atoms with Crippen molar-refractivity contribution in [3.05, 3.63) is 12.4 Å². The Hall–Kier alpha value is -1.34. The van der Waals surface area contributed by atoms with Crippen LogP contribution in [-0.4, -0.2) is 65.9 Å². The molecule has 1 aromatic rings. The molecular weight excluding hydrogens is 252 g/mol. The van der Waals surface area contributed by atoms with Crippen LogP contribution in [0.3, 0.4) is 0 Å². The van der Waals surface area contributed by atoms with E-state index in [-0.39, 0.29) is 6.54 Å². The van der Waals surface area contributed by atoms with Crippen molar-refractivity contribution in [2.24, 2.45) is 0 Å². The molecule has 0 spiro atoms. The zero-order chi connectivity index (χ0) is 13.5. The monoisotopic (exact) mass is 270 g/mol. The Balaban J connectivity index is 2.82. The van der Waals surface area contributed by atoms with E-state index in [1.807, 2.05) is 31.3 Å². The number of hydrogen-bond donors (Lipinski definition) is 1. The van der Waals surface area contributed by atoms with Crippen molar-refractivity contribution in [2.45, 2.75) is 5.03 Å². The van der Waals surface area contributed by atoms with Crippen LogP contribution in [0.4, 0.5) is 5.82 Å². The molecule has 18 heavy (non-hydrogen) atoms. The molecule has 0 fully saturated rings. The number of likely N-dealkylation sites (N-methyl/N-ethyl adjacent to an activating group) is 1. The van der Waals surface area contributed by atoms with E-state index in [0.717, 1.165) is 11.6 Å². The highest BCUT2D eigenvalue weighted by molar-refractivity contribution is 7.98. The normalized spacial score (nSPS) is 10.7. The van der Waals surface area contributed by atoms with E-state index in [2.05, 4.69) is 9.97 Å². The fourth-order valence-electron chi connectivity index (χ4n) is 1.37. The fraction of sp³-hybridized carbons (Fsp3) is 0.545. The molecule has 100 valence electrons. The number of carbonyl (C=O) groups is 1. The highest BCUT2D eigenvalue weighted by atomic mass is 32.2. The predicted molar refractivity (Wildman–Crippen MR) is 72.2 cm³/mol. The first-order chi connectivity index (χ1) is 8.52. The summed E-state index contributed by atoms with van der Waals surface area (Å²) in [4.78, 5) is 22.8. The highest BCUT2D eigenvalue weighted by Crippen LogP contribution is 2.17. The lowest BCUT2D eigenvalue weighted by Crippen LogP contribution is -2.36. The Morgan fingerprint density at radius 1 is 1.39 bits per heavy atom. The van der Waals surface area contributed by atoms with Gasteiger partial charge in [-0.25, -0.2) is 9.97 Å². The first-order valence-corrected chi connectivity index (χ1v) is 6.73. The van der Waals surface area contributed by atoms with Crippen molar-refractivity contribution in [3.63, 3.8) is 0 Å². The highest BCUT2D eigenvalue weighted by Gasteiger charge is 2.13. The summed E-state index contributed by atoms with van der Waals surface area (Å²) >= 11 is 1.51. The van der Waals surface area contributed by atoms with E-state index in [4.69, 9.17) is 5.11 Å². The van der Waals surface area contributed by atoms with E-state index in [0.29, 0.717) is 12.4 Å². The van der Waals surface area contributed by atoms with Crippen LogP contribution in [0.15, 0.2) is 17.4 Å². The molecule has 7 heteroatoms. The zero-order valence-corrected chi connectivity index (χ0v) is 11.6. The maximum atomic E-state index is 10.9. The van der Waals surface area contributed by atoms with Gasteiger partial charge in [0, 0.05) is 19.2 Å². The van der Waals surface area contributed by atoms with Crippen molar-refractivity contribution in [1.29, 1.82) is 0 Å². The topological polar surface area (TPSA) is 69.6 Å². The Kier molecular flexibility index (Phi) is 5.87. The smallest absolute Gasteiger partial charge is 0.323 e. The second kappa shape index (κ2) is 7.17. The van der Waals surface area contributed by atoms with Gasteiger partial charge in [-0.1, -0.05) is 0 Å². The van der Waals surface area contributed by atoms with Crippen molar-refractivity contribution in [2.75, 3.05) is 44.9 Å². The third-order valence-corrected chi connectivity index (χ3v) is 2.95. The first-order valence-electron chi connectivity index (χ1n) is 5.50. The Labute approximate surface area is 111 Å². The second-order valence-electron chi connectivity index (χ2n) is 4.04. The maximum absolute atomic E-state index is 10.9. The Bertz CT molecular complexity index is 400. The van der Waals surface area contributed by atoms with Crippen LogP contribution in [0, 0.1) is 0 Å². The molecule has 6 nitrogen and oxygen atoms in total. The molecule has 0 saturated carbocycles. The molecule has 0 aliphatic heterocycles. The molecule has 1 heterocycles. The average molecular weight is 270 g/mol. The third-order valence-electron chi connectivity index (χ3n) is 2.30. The molecule has 0 atom stereocenters. The van der Waals surface area contributed by atoms with Crippen LogP contribution in [-0.2, 0) is 4.79 Å². The van der Waals surface area contributed by atoms with Gasteiger partial charge in [-0.2, -0.15) is 0 Å². The van der Waals surface area contributed by atoms with Gasteiger partial charge in [0.1, 0.15) is 23.7 Å². The van der Waals surface area contributed by atoms with Gasteiger partial charge in [-0.3, -0.25) is 4.79 Å². The number of carboxylic acids is 1. The molecule has 0 unspecified atom stereocenters. The van der Waals surface area contributed by atoms with Gasteiger partial charge in [0.2, 0.25) is 0 Å². The van der Waals surface area contributed by atoms with Crippen LogP contribution < -0.4 is 4.90 Å². The van der Waals surface area contributed by atoms with E-state index in [9.17, 15) is 4.79 Å². The number of carboxylic acid groups (broad SMARTS) is 1. The van der Waals surface area contributed by atoms with Crippen LogP contribution in [0.25, 0.3) is 0 Å². The van der Waals surface area contributed by atoms with E-state index >= 15 is 0 Å². The Morgan fingerprint density at radius 3 is 2.67 bits per heavy atom. The molecule has 1 rings (SSSR count). The standard InChI is InChI=1S/C11H18N4O2S/c1-14(2)4-5-15(7-11(16)17)9-6-10(18-3)13-8-12-9/h6,8H,4-5,7H2,1-3H3,(H,16,17). The number of hydrogen-bond acceptors (Lipinski definition) is 6. The molecule has 0 aliphatic carbocycles. The molecule has 0 amide bonds. The third kappa shape index (κ3) is 4.89. The van der Waals surface area contributed by atoms with Crippen LogP contribution >= 0.6 is 11.8 Å². The van der Waals surface area contributed by atoms with Gasteiger partial charge in [-0.05, 0) is 20.4 Å². The minimum Gasteiger partial charge on any atom is -0.480 e. The molecular formula is C11H18N4O2S. The van der Waals surface area contributed by atoms with Gasteiger partial charge >= 0.3 is 5.97 Å². The first kappa shape index (κ1) is 14.7. The molecule has 1 aromatic heterocycles. The van der Waals surface area contributed by atoms with E-state index in [1.165, 1.54) is 18.1 Å². The van der Waals surface area contributed by atoms with Crippen LogP contribution in [0.2, 0.25) is 0 Å². The van der Waals surface area contributed by atoms with Crippen molar-refractivity contribution in [1.82, 2.24) is 14.9 Å². The molecule has 0 saturated heterocycles. The summed E-state index contributed by atoms with van der Waals surface area (Å²) in [7, 11) is 3.90. The summed E-state index contributed by atoms with van der Waals surface area (Å²) in [5.41, 5.74) is 0. The minimum atomic E-state index is -0.863. The van der Waals surface area contributed by atoms with Gasteiger partial charge in [0.05, 0.1) is 0 Å². The maximum Gasteiger partial charge on any atom is 0.323 e. The van der Waals surface area contributed by atoms with Gasteiger partial charge in [-0.15, -0.1) is 11.8 Å². The number of aliphatic carboxylic acids is 1. The fourth-order valence-corrected chi connectivity index (χ4v) is 1.75. The van der Waals surface area contributed by atoms with Crippen LogP contribution in [0.5, 0.6) is 0 Å². The number of thioether (sulfide) groups is 1. The molecule has 1 N–H and O–H groups in total. The second-order valence-corrected chi connectivity index (χ2v) is 4.86. The summed E-state index contributed by atoms with van der Waals surface area (Å²) in [6, 6.07) is 1.81. The molecule has 0 bridgehead atoms. The Morgan fingerprint density at radius 2 is 2.11 bits per heavy atom. The van der Waals surface area contributed by atoms with Crippen molar-refractivity contribution < 1.29 is 9.90 Å². The van der Waals surface area contributed by atoms with Crippen LogP contribution in [0.1, 0.15) is 0 Å². The largest absolute Gasteiger partial charge is 0.480 e. The molecule has 0 radical (unpaired) electrons. The number of anilines is 1. The molecule has 0 aliphatic rings. The van der Waals surface area contributed by atoms with E-state index < -0.39 is 5.97 Å². The average Bonchev–Trinajstić information content (AvgIpc) is 2.34. The van der Waals surface area contributed by atoms with Crippen molar-refractivity contribution >= 4 is 23.5 Å². The summed E-state index contributed by atoms with van der Waals surface area (Å²) in [5, 5.41) is 9.77. The number of aromatic nitrogens is 2. The quantitative estimate of drug-likeness (QED) is 0.576. The van der Waals surface area contributed by atoms with Gasteiger partial charge in [0.25, 0.3) is 0 Å². The lowest BCUT2D eigenvalue weighted by atomic mass is 10.4. The lowest BCUT2D eigenvalue weighted by Gasteiger charge is -2.23. The number of rotatable bonds is 7.